The highest BCUT2D eigenvalue weighted by molar-refractivity contribution is 7.99. The molecule has 1 atom stereocenters. The van der Waals surface area contributed by atoms with Crippen molar-refractivity contribution in [1.82, 2.24) is 10.3 Å². The number of halogens is 1. The number of aromatic nitrogens is 1. The largest absolute Gasteiger partial charge is 0.313 e. The van der Waals surface area contributed by atoms with E-state index in [1.54, 1.807) is 29.2 Å². The number of nitrogens with zero attached hydrogens (tertiary/aromatic N) is 1. The predicted molar refractivity (Wildman–Crippen MR) is 89.9 cm³/mol. The molecule has 0 aliphatic heterocycles. The number of likely N-dealkylation sites (N-methyl/N-ethyl adjacent to an activating group) is 1. The maximum atomic E-state index is 13.7. The van der Waals surface area contributed by atoms with Crippen molar-refractivity contribution < 1.29 is 4.39 Å². The van der Waals surface area contributed by atoms with Crippen LogP contribution in [0.4, 0.5) is 4.39 Å². The molecule has 2 rings (SSSR count). The Kier molecular flexibility index (Phi) is 6.21. The van der Waals surface area contributed by atoms with Gasteiger partial charge in [0.1, 0.15) is 5.82 Å². The fourth-order valence-electron chi connectivity index (χ4n) is 2.07. The van der Waals surface area contributed by atoms with Gasteiger partial charge in [-0.05, 0) is 32.5 Å². The summed E-state index contributed by atoms with van der Waals surface area (Å²) in [7, 11) is 0. The van der Waals surface area contributed by atoms with Crippen LogP contribution in [0.25, 0.3) is 0 Å². The van der Waals surface area contributed by atoms with Gasteiger partial charge in [-0.2, -0.15) is 0 Å². The molecule has 0 saturated carbocycles. The normalized spacial score (nSPS) is 12.6. The number of thioether (sulfide) groups is 1. The van der Waals surface area contributed by atoms with Crippen molar-refractivity contribution in [1.29, 1.82) is 0 Å². The van der Waals surface area contributed by atoms with Gasteiger partial charge >= 0.3 is 0 Å². The van der Waals surface area contributed by atoms with Crippen molar-refractivity contribution in [3.05, 3.63) is 45.7 Å². The van der Waals surface area contributed by atoms with Crippen LogP contribution in [0.3, 0.4) is 0 Å². The Bertz CT molecular complexity index is 564. The second kappa shape index (κ2) is 7.92. The second-order valence-corrected chi connectivity index (χ2v) is 7.30. The minimum atomic E-state index is -0.140. The Labute approximate surface area is 134 Å². The zero-order chi connectivity index (χ0) is 15.2. The van der Waals surface area contributed by atoms with Gasteiger partial charge in [0.05, 0.1) is 10.7 Å². The molecule has 0 spiro atoms. The standard InChI is InChI=1S/C16H21FN2S2/c1-4-18-13(9-16-19-11(2)12(3)21-16)10-20-15-8-6-5-7-14(15)17/h5-8,13,18H,4,9-10H2,1-3H3. The third-order valence-corrected chi connectivity index (χ3v) is 5.57. The van der Waals surface area contributed by atoms with Gasteiger partial charge in [-0.25, -0.2) is 9.37 Å². The van der Waals surface area contributed by atoms with Gasteiger partial charge in [0.15, 0.2) is 0 Å². The molecule has 21 heavy (non-hydrogen) atoms. The highest BCUT2D eigenvalue weighted by Crippen LogP contribution is 2.24. The molecule has 1 heterocycles. The molecule has 1 aromatic heterocycles. The Morgan fingerprint density at radius 3 is 2.71 bits per heavy atom. The van der Waals surface area contributed by atoms with Gasteiger partial charge in [-0.3, -0.25) is 0 Å². The number of nitrogens with one attached hydrogen (secondary N) is 1. The summed E-state index contributed by atoms with van der Waals surface area (Å²) in [6.07, 6.45) is 0.897. The van der Waals surface area contributed by atoms with Crippen molar-refractivity contribution in [3.8, 4) is 0 Å². The van der Waals surface area contributed by atoms with E-state index in [9.17, 15) is 4.39 Å². The lowest BCUT2D eigenvalue weighted by molar-refractivity contribution is 0.569. The Balaban J connectivity index is 1.97. The monoisotopic (exact) mass is 324 g/mol. The van der Waals surface area contributed by atoms with Gasteiger partial charge in [-0.15, -0.1) is 23.1 Å². The second-order valence-electron chi connectivity index (χ2n) is 4.95. The lowest BCUT2D eigenvalue weighted by atomic mass is 10.2. The molecule has 2 nitrogen and oxygen atoms in total. The van der Waals surface area contributed by atoms with E-state index >= 15 is 0 Å². The van der Waals surface area contributed by atoms with Crippen LogP contribution in [-0.2, 0) is 6.42 Å². The zero-order valence-corrected chi connectivity index (χ0v) is 14.3. The molecule has 1 unspecified atom stereocenters. The van der Waals surface area contributed by atoms with E-state index < -0.39 is 0 Å². The molecular formula is C16H21FN2S2. The maximum Gasteiger partial charge on any atom is 0.136 e. The molecule has 0 radical (unpaired) electrons. The van der Waals surface area contributed by atoms with Gasteiger partial charge in [-0.1, -0.05) is 19.1 Å². The van der Waals surface area contributed by atoms with Gasteiger partial charge in [0.25, 0.3) is 0 Å². The van der Waals surface area contributed by atoms with Crippen LogP contribution < -0.4 is 5.32 Å². The lowest BCUT2D eigenvalue weighted by Gasteiger charge is -2.16. The fourth-order valence-corrected chi connectivity index (χ4v) is 4.08. The first kappa shape index (κ1) is 16.5. The molecule has 114 valence electrons. The van der Waals surface area contributed by atoms with Crippen molar-refractivity contribution in [2.75, 3.05) is 12.3 Å². The molecule has 0 aliphatic carbocycles. The first-order valence-corrected chi connectivity index (χ1v) is 8.94. The summed E-state index contributed by atoms with van der Waals surface area (Å²) in [6.45, 7) is 7.16. The van der Waals surface area contributed by atoms with Crippen LogP contribution in [0, 0.1) is 19.7 Å². The van der Waals surface area contributed by atoms with Crippen LogP contribution in [0.15, 0.2) is 29.2 Å². The average Bonchev–Trinajstić information content (AvgIpc) is 2.76. The van der Waals surface area contributed by atoms with E-state index in [1.165, 1.54) is 10.9 Å². The number of hydrogen-bond donors (Lipinski definition) is 1. The molecule has 5 heteroatoms. The molecule has 0 aliphatic rings. The number of thiazole rings is 1. The molecule has 1 N–H and O–H groups in total. The van der Waals surface area contributed by atoms with E-state index in [2.05, 4.69) is 24.1 Å². The van der Waals surface area contributed by atoms with Crippen molar-refractivity contribution in [2.45, 2.75) is 38.1 Å². The molecule has 2 aromatic rings. The molecule has 0 bridgehead atoms. The third kappa shape index (κ3) is 4.80. The topological polar surface area (TPSA) is 24.9 Å². The summed E-state index contributed by atoms with van der Waals surface area (Å²) < 4.78 is 13.7. The number of hydrogen-bond acceptors (Lipinski definition) is 4. The van der Waals surface area contributed by atoms with Gasteiger partial charge in [0, 0.05) is 28.0 Å². The minimum Gasteiger partial charge on any atom is -0.313 e. The van der Waals surface area contributed by atoms with Crippen LogP contribution in [0.5, 0.6) is 0 Å². The van der Waals surface area contributed by atoms with Crippen LogP contribution in [0.1, 0.15) is 22.5 Å². The predicted octanol–water partition coefficient (Wildman–Crippen LogP) is 4.21. The average molecular weight is 324 g/mol. The van der Waals surface area contributed by atoms with Crippen LogP contribution in [-0.4, -0.2) is 23.3 Å². The van der Waals surface area contributed by atoms with E-state index in [0.29, 0.717) is 10.9 Å². The fraction of sp³-hybridized carbons (Fsp3) is 0.438. The summed E-state index contributed by atoms with van der Waals surface area (Å²) >= 11 is 3.32. The lowest BCUT2D eigenvalue weighted by Crippen LogP contribution is -2.33. The molecule has 1 aromatic carbocycles. The smallest absolute Gasteiger partial charge is 0.136 e. The Hall–Kier alpha value is -0.910. The van der Waals surface area contributed by atoms with E-state index in [0.717, 1.165) is 29.4 Å². The quantitative estimate of drug-likeness (QED) is 0.772. The SMILES string of the molecule is CCNC(CSc1ccccc1F)Cc1nc(C)c(C)s1. The highest BCUT2D eigenvalue weighted by Gasteiger charge is 2.13. The molecule has 0 fully saturated rings. The number of rotatable bonds is 7. The van der Waals surface area contributed by atoms with Crippen LogP contribution >= 0.6 is 23.1 Å². The van der Waals surface area contributed by atoms with Gasteiger partial charge < -0.3 is 5.32 Å². The summed E-state index contributed by atoms with van der Waals surface area (Å²) in [6, 6.07) is 7.26. The first-order valence-electron chi connectivity index (χ1n) is 7.13. The Morgan fingerprint density at radius 1 is 1.33 bits per heavy atom. The maximum absolute atomic E-state index is 13.7. The third-order valence-electron chi connectivity index (χ3n) is 3.26. The number of aryl methyl sites for hydroxylation is 2. The van der Waals surface area contributed by atoms with Gasteiger partial charge in [0.2, 0.25) is 0 Å². The number of benzene rings is 1. The van der Waals surface area contributed by atoms with E-state index in [-0.39, 0.29) is 5.82 Å². The van der Waals surface area contributed by atoms with Crippen molar-refractivity contribution >= 4 is 23.1 Å². The summed E-state index contributed by atoms with van der Waals surface area (Å²) in [5.74, 6) is 0.700. The summed E-state index contributed by atoms with van der Waals surface area (Å²) in [4.78, 5) is 6.59. The molecule has 0 saturated heterocycles. The van der Waals surface area contributed by atoms with E-state index in [4.69, 9.17) is 0 Å². The Morgan fingerprint density at radius 2 is 2.10 bits per heavy atom. The van der Waals surface area contributed by atoms with Crippen molar-refractivity contribution in [2.24, 2.45) is 0 Å². The first-order chi connectivity index (χ1) is 10.1. The minimum absolute atomic E-state index is 0.140. The zero-order valence-electron chi connectivity index (χ0n) is 12.6. The molecule has 0 amide bonds. The van der Waals surface area contributed by atoms with Crippen LogP contribution in [0.2, 0.25) is 0 Å². The summed E-state index contributed by atoms with van der Waals surface area (Å²) in [5, 5.41) is 4.63. The molecular weight excluding hydrogens is 303 g/mol. The summed E-state index contributed by atoms with van der Waals surface area (Å²) in [5.41, 5.74) is 1.12. The highest BCUT2D eigenvalue weighted by atomic mass is 32.2. The van der Waals surface area contributed by atoms with Crippen molar-refractivity contribution in [3.63, 3.8) is 0 Å². The van der Waals surface area contributed by atoms with E-state index in [1.807, 2.05) is 19.1 Å².